The molecule has 0 amide bonds. The minimum absolute atomic E-state index is 0.263. The van der Waals surface area contributed by atoms with Crippen LogP contribution >= 0.6 is 0 Å². The molecule has 0 bridgehead atoms. The second-order valence-electron chi connectivity index (χ2n) is 5.21. The van der Waals surface area contributed by atoms with E-state index in [0.29, 0.717) is 25.3 Å². The fraction of sp³-hybridized carbons (Fsp3) is 0.667. The van der Waals surface area contributed by atoms with E-state index < -0.39 is 5.60 Å². The van der Waals surface area contributed by atoms with Gasteiger partial charge in [-0.3, -0.25) is 4.98 Å². The van der Waals surface area contributed by atoms with Gasteiger partial charge < -0.3 is 19.9 Å². The molecule has 1 atom stereocenters. The minimum Gasteiger partial charge on any atom is -0.489 e. The highest BCUT2D eigenvalue weighted by atomic mass is 16.5. The molecular weight excluding hydrogens is 256 g/mol. The van der Waals surface area contributed by atoms with Crippen molar-refractivity contribution >= 4 is 0 Å². The van der Waals surface area contributed by atoms with Crippen molar-refractivity contribution < 1.29 is 14.6 Å². The zero-order chi connectivity index (χ0) is 15.0. The first kappa shape index (κ1) is 16.9. The monoisotopic (exact) mass is 282 g/mol. The summed E-state index contributed by atoms with van der Waals surface area (Å²) in [6.07, 6.45) is 0.647. The summed E-state index contributed by atoms with van der Waals surface area (Å²) in [6, 6.07) is 3.82. The zero-order valence-electron chi connectivity index (χ0n) is 12.9. The lowest BCUT2D eigenvalue weighted by Crippen LogP contribution is -2.31. The molecule has 0 aliphatic carbocycles. The highest BCUT2D eigenvalue weighted by molar-refractivity contribution is 5.29. The molecule has 0 aromatic carbocycles. The summed E-state index contributed by atoms with van der Waals surface area (Å²) in [7, 11) is 1.67. The Morgan fingerprint density at radius 1 is 1.40 bits per heavy atom. The van der Waals surface area contributed by atoms with E-state index >= 15 is 0 Å². The third-order valence-electron chi connectivity index (χ3n) is 3.15. The second-order valence-corrected chi connectivity index (χ2v) is 5.21. The van der Waals surface area contributed by atoms with Crippen molar-refractivity contribution in [2.75, 3.05) is 26.9 Å². The van der Waals surface area contributed by atoms with Gasteiger partial charge in [-0.05, 0) is 32.4 Å². The van der Waals surface area contributed by atoms with Gasteiger partial charge in [0.15, 0.2) is 0 Å². The molecule has 2 N–H and O–H groups in total. The van der Waals surface area contributed by atoms with Gasteiger partial charge in [0.2, 0.25) is 0 Å². The molecule has 0 radical (unpaired) electrons. The van der Waals surface area contributed by atoms with Gasteiger partial charge in [0.1, 0.15) is 12.4 Å². The molecule has 0 aliphatic rings. The number of nitrogens with one attached hydrogen (secondary N) is 1. The van der Waals surface area contributed by atoms with Crippen molar-refractivity contribution in [2.24, 2.45) is 0 Å². The van der Waals surface area contributed by atoms with Crippen LogP contribution in [0.1, 0.15) is 31.7 Å². The average molecular weight is 282 g/mol. The summed E-state index contributed by atoms with van der Waals surface area (Å²) >= 11 is 0. The van der Waals surface area contributed by atoms with E-state index in [-0.39, 0.29) is 6.61 Å². The van der Waals surface area contributed by atoms with Gasteiger partial charge in [-0.1, -0.05) is 6.92 Å². The van der Waals surface area contributed by atoms with E-state index in [1.807, 2.05) is 26.0 Å². The number of aromatic nitrogens is 1. The first-order valence-electron chi connectivity index (χ1n) is 7.00. The van der Waals surface area contributed by atoms with E-state index in [4.69, 9.17) is 9.47 Å². The number of ether oxygens (including phenoxy) is 2. The van der Waals surface area contributed by atoms with E-state index in [2.05, 4.69) is 10.3 Å². The maximum Gasteiger partial charge on any atom is 0.142 e. The molecule has 0 saturated heterocycles. The van der Waals surface area contributed by atoms with Crippen molar-refractivity contribution in [3.63, 3.8) is 0 Å². The van der Waals surface area contributed by atoms with Crippen LogP contribution in [0, 0.1) is 6.92 Å². The number of pyridine rings is 1. The first-order valence-corrected chi connectivity index (χ1v) is 7.00. The Bertz CT molecular complexity index is 408. The zero-order valence-corrected chi connectivity index (χ0v) is 12.9. The number of aryl methyl sites for hydroxylation is 1. The van der Waals surface area contributed by atoms with Crippen molar-refractivity contribution in [3.8, 4) is 5.75 Å². The van der Waals surface area contributed by atoms with Gasteiger partial charge in [0.05, 0.1) is 17.9 Å². The van der Waals surface area contributed by atoms with Gasteiger partial charge in [-0.25, -0.2) is 0 Å². The number of rotatable bonds is 9. The van der Waals surface area contributed by atoms with Crippen molar-refractivity contribution in [3.05, 3.63) is 23.5 Å². The van der Waals surface area contributed by atoms with Gasteiger partial charge in [-0.15, -0.1) is 0 Å². The average Bonchev–Trinajstić information content (AvgIpc) is 2.43. The van der Waals surface area contributed by atoms with E-state index in [0.717, 1.165) is 17.9 Å². The molecule has 114 valence electrons. The third-order valence-corrected chi connectivity index (χ3v) is 3.15. The molecule has 1 heterocycles. The summed E-state index contributed by atoms with van der Waals surface area (Å²) < 4.78 is 10.7. The molecule has 20 heavy (non-hydrogen) atoms. The number of hydrogen-bond acceptors (Lipinski definition) is 5. The summed E-state index contributed by atoms with van der Waals surface area (Å²) in [5, 5.41) is 13.2. The van der Waals surface area contributed by atoms with Gasteiger partial charge in [-0.2, -0.15) is 0 Å². The summed E-state index contributed by atoms with van der Waals surface area (Å²) in [5.41, 5.74) is 0.988. The fourth-order valence-electron chi connectivity index (χ4n) is 1.57. The Balaban J connectivity index is 2.64. The SMILES string of the molecule is CCC(C)(O)COc1ccc(C)nc1CNCCOC. The smallest absolute Gasteiger partial charge is 0.142 e. The Morgan fingerprint density at radius 2 is 2.15 bits per heavy atom. The Labute approximate surface area is 121 Å². The van der Waals surface area contributed by atoms with Gasteiger partial charge in [0.25, 0.3) is 0 Å². The van der Waals surface area contributed by atoms with Crippen LogP contribution in [0.5, 0.6) is 5.75 Å². The van der Waals surface area contributed by atoms with Crippen LogP contribution in [0.15, 0.2) is 12.1 Å². The predicted octanol–water partition coefficient (Wildman–Crippen LogP) is 1.67. The summed E-state index contributed by atoms with van der Waals surface area (Å²) in [5.74, 6) is 0.717. The molecule has 0 spiro atoms. The van der Waals surface area contributed by atoms with E-state index in [1.165, 1.54) is 0 Å². The molecule has 0 fully saturated rings. The number of aliphatic hydroxyl groups is 1. The maximum atomic E-state index is 10.00. The highest BCUT2D eigenvalue weighted by Crippen LogP contribution is 2.19. The summed E-state index contributed by atoms with van der Waals surface area (Å²) in [6.45, 7) is 7.96. The molecule has 1 rings (SSSR count). The minimum atomic E-state index is -0.814. The Kier molecular flexibility index (Phi) is 6.91. The quantitative estimate of drug-likeness (QED) is 0.675. The van der Waals surface area contributed by atoms with Crippen LogP contribution in [0.25, 0.3) is 0 Å². The Hall–Kier alpha value is -1.17. The molecule has 0 saturated carbocycles. The lowest BCUT2D eigenvalue weighted by molar-refractivity contribution is 0.00801. The molecule has 1 aromatic rings. The largest absolute Gasteiger partial charge is 0.489 e. The normalized spacial score (nSPS) is 14.1. The van der Waals surface area contributed by atoms with E-state index in [9.17, 15) is 5.11 Å². The van der Waals surface area contributed by atoms with Crippen LogP contribution in [0.2, 0.25) is 0 Å². The first-order chi connectivity index (χ1) is 9.48. The number of methoxy groups -OCH3 is 1. The number of nitrogens with zero attached hydrogens (tertiary/aromatic N) is 1. The van der Waals surface area contributed by atoms with Crippen LogP contribution in [-0.4, -0.2) is 42.6 Å². The highest BCUT2D eigenvalue weighted by Gasteiger charge is 2.19. The van der Waals surface area contributed by atoms with Crippen molar-refractivity contribution in [1.82, 2.24) is 10.3 Å². The van der Waals surface area contributed by atoms with Crippen LogP contribution in [0.4, 0.5) is 0 Å². The van der Waals surface area contributed by atoms with Crippen LogP contribution < -0.4 is 10.1 Å². The molecule has 5 nitrogen and oxygen atoms in total. The van der Waals surface area contributed by atoms with Gasteiger partial charge in [0, 0.05) is 25.9 Å². The fourth-order valence-corrected chi connectivity index (χ4v) is 1.57. The van der Waals surface area contributed by atoms with Crippen molar-refractivity contribution in [2.45, 2.75) is 39.3 Å². The third kappa shape index (κ3) is 5.86. The molecule has 1 unspecified atom stereocenters. The number of hydrogen-bond donors (Lipinski definition) is 2. The van der Waals surface area contributed by atoms with Crippen molar-refractivity contribution in [1.29, 1.82) is 0 Å². The van der Waals surface area contributed by atoms with Gasteiger partial charge >= 0.3 is 0 Å². The Morgan fingerprint density at radius 3 is 2.80 bits per heavy atom. The molecule has 1 aromatic heterocycles. The lowest BCUT2D eigenvalue weighted by atomic mass is 10.1. The predicted molar refractivity (Wildman–Crippen MR) is 79.0 cm³/mol. The topological polar surface area (TPSA) is 63.6 Å². The summed E-state index contributed by atoms with van der Waals surface area (Å²) in [4.78, 5) is 4.49. The standard InChI is InChI=1S/C15H26N2O3/c1-5-15(3,18)11-20-14-7-6-12(2)17-13(14)10-16-8-9-19-4/h6-7,16,18H,5,8-11H2,1-4H3. The molecular formula is C15H26N2O3. The lowest BCUT2D eigenvalue weighted by Gasteiger charge is -2.22. The second kappa shape index (κ2) is 8.19. The van der Waals surface area contributed by atoms with Crippen LogP contribution in [0.3, 0.4) is 0 Å². The molecule has 0 aliphatic heterocycles. The maximum absolute atomic E-state index is 10.00. The van der Waals surface area contributed by atoms with Crippen LogP contribution in [-0.2, 0) is 11.3 Å². The van der Waals surface area contributed by atoms with E-state index in [1.54, 1.807) is 14.0 Å². The molecule has 5 heteroatoms.